The molecule has 22 heavy (non-hydrogen) atoms. The second kappa shape index (κ2) is 8.96. The average molecular weight is 327 g/mol. The number of pyridine rings is 1. The molecule has 2 N–H and O–H groups in total. The predicted octanol–water partition coefficient (Wildman–Crippen LogP) is 1.96. The summed E-state index contributed by atoms with van der Waals surface area (Å²) in [5.41, 5.74) is 7.06. The van der Waals surface area contributed by atoms with Crippen molar-refractivity contribution in [3.8, 4) is 0 Å². The normalized spacial score (nSPS) is 14.9. The van der Waals surface area contributed by atoms with Crippen LogP contribution in [0.25, 0.3) is 0 Å². The summed E-state index contributed by atoms with van der Waals surface area (Å²) >= 11 is 0. The lowest BCUT2D eigenvalue weighted by Crippen LogP contribution is -2.43. The molecule has 0 aromatic carbocycles. The largest absolute Gasteiger partial charge is 0.397 e. The molecule has 1 aromatic rings. The number of hydrogen-bond donors (Lipinski definition) is 1. The van der Waals surface area contributed by atoms with E-state index in [2.05, 4.69) is 14.8 Å². The second-order valence-electron chi connectivity index (χ2n) is 6.09. The monoisotopic (exact) mass is 326 g/mol. The number of carbonyl (C=O) groups excluding carboxylic acids is 1. The molecule has 6 heteroatoms. The molecule has 1 saturated carbocycles. The number of anilines is 1. The molecule has 0 radical (unpaired) electrons. The highest BCUT2D eigenvalue weighted by Gasteiger charge is 2.26. The van der Waals surface area contributed by atoms with Crippen LogP contribution in [-0.2, 0) is 11.2 Å². The molecule has 1 fully saturated rings. The van der Waals surface area contributed by atoms with Gasteiger partial charge in [-0.3, -0.25) is 9.78 Å². The minimum Gasteiger partial charge on any atom is -0.397 e. The molecule has 0 saturated heterocycles. The van der Waals surface area contributed by atoms with Gasteiger partial charge in [0.15, 0.2) is 0 Å². The first kappa shape index (κ1) is 18.7. The summed E-state index contributed by atoms with van der Waals surface area (Å²) in [5.74, 6) is 0.182. The van der Waals surface area contributed by atoms with Gasteiger partial charge in [0.05, 0.1) is 18.3 Å². The van der Waals surface area contributed by atoms with E-state index in [0.29, 0.717) is 18.2 Å². The Morgan fingerprint density at radius 1 is 1.27 bits per heavy atom. The summed E-state index contributed by atoms with van der Waals surface area (Å²) in [6.45, 7) is 1.70. The number of nitrogens with zero attached hydrogens (tertiary/aromatic N) is 3. The van der Waals surface area contributed by atoms with E-state index >= 15 is 0 Å². The van der Waals surface area contributed by atoms with E-state index in [1.165, 1.54) is 12.8 Å². The van der Waals surface area contributed by atoms with Gasteiger partial charge in [0, 0.05) is 24.8 Å². The molecule has 1 heterocycles. The number of aromatic nitrogens is 1. The summed E-state index contributed by atoms with van der Waals surface area (Å²) in [7, 11) is 4.08. The molecular formula is C16H27ClN4O. The van der Waals surface area contributed by atoms with Crippen LogP contribution in [0.4, 0.5) is 5.69 Å². The van der Waals surface area contributed by atoms with E-state index < -0.39 is 0 Å². The maximum Gasteiger partial charge on any atom is 0.228 e. The lowest BCUT2D eigenvalue weighted by Gasteiger charge is -2.30. The van der Waals surface area contributed by atoms with Gasteiger partial charge >= 0.3 is 0 Å². The third-order valence-corrected chi connectivity index (χ3v) is 4.05. The molecular weight excluding hydrogens is 300 g/mol. The molecule has 1 aromatic heterocycles. The first-order chi connectivity index (χ1) is 10.1. The van der Waals surface area contributed by atoms with Gasteiger partial charge in [0.25, 0.3) is 0 Å². The Bertz CT molecular complexity index is 458. The highest BCUT2D eigenvalue weighted by atomic mass is 35.5. The van der Waals surface area contributed by atoms with E-state index in [1.807, 2.05) is 20.2 Å². The fraction of sp³-hybridized carbons (Fsp3) is 0.625. The number of hydrogen-bond acceptors (Lipinski definition) is 4. The van der Waals surface area contributed by atoms with Crippen LogP contribution in [0.5, 0.6) is 0 Å². The summed E-state index contributed by atoms with van der Waals surface area (Å²) < 4.78 is 0. The van der Waals surface area contributed by atoms with Crippen molar-refractivity contribution < 1.29 is 4.79 Å². The Balaban J connectivity index is 0.00000242. The molecule has 0 atom stereocenters. The minimum absolute atomic E-state index is 0. The number of amides is 1. The van der Waals surface area contributed by atoms with E-state index in [-0.39, 0.29) is 18.3 Å². The summed E-state index contributed by atoms with van der Waals surface area (Å²) in [5, 5.41) is 0. The molecule has 1 aliphatic rings. The second-order valence-corrected chi connectivity index (χ2v) is 6.09. The van der Waals surface area contributed by atoms with Crippen molar-refractivity contribution in [1.82, 2.24) is 14.8 Å². The molecule has 0 unspecified atom stereocenters. The zero-order valence-corrected chi connectivity index (χ0v) is 14.3. The number of halogens is 1. The molecule has 5 nitrogen and oxygen atoms in total. The number of rotatable bonds is 6. The van der Waals surface area contributed by atoms with Gasteiger partial charge in [-0.05, 0) is 39.1 Å². The number of nitrogens with two attached hydrogens (primary N) is 1. The molecule has 0 spiro atoms. The van der Waals surface area contributed by atoms with Crippen LogP contribution < -0.4 is 5.73 Å². The average Bonchev–Trinajstić information content (AvgIpc) is 2.95. The van der Waals surface area contributed by atoms with Crippen molar-refractivity contribution in [3.05, 3.63) is 24.0 Å². The number of nitrogen functional groups attached to an aromatic ring is 1. The fourth-order valence-electron chi connectivity index (χ4n) is 2.83. The minimum atomic E-state index is 0. The van der Waals surface area contributed by atoms with Gasteiger partial charge in [0.2, 0.25) is 5.91 Å². The van der Waals surface area contributed by atoms with Crippen molar-refractivity contribution in [3.63, 3.8) is 0 Å². The Labute approximate surface area is 139 Å². The Hall–Kier alpha value is -1.33. The highest BCUT2D eigenvalue weighted by Crippen LogP contribution is 2.24. The van der Waals surface area contributed by atoms with Crippen molar-refractivity contribution in [1.29, 1.82) is 0 Å². The smallest absolute Gasteiger partial charge is 0.228 e. The SMILES string of the molecule is CN(C)CCN(C(=O)Cc1ccc(N)cn1)C1CCCC1.Cl. The van der Waals surface area contributed by atoms with E-state index in [4.69, 9.17) is 5.73 Å². The Morgan fingerprint density at radius 3 is 2.50 bits per heavy atom. The molecule has 0 aliphatic heterocycles. The lowest BCUT2D eigenvalue weighted by atomic mass is 10.1. The molecule has 124 valence electrons. The van der Waals surface area contributed by atoms with Gasteiger partial charge < -0.3 is 15.5 Å². The Kier molecular flexibility index (Phi) is 7.62. The maximum atomic E-state index is 12.6. The van der Waals surface area contributed by atoms with E-state index in [1.54, 1.807) is 12.3 Å². The van der Waals surface area contributed by atoms with Crippen molar-refractivity contribution in [2.45, 2.75) is 38.1 Å². The van der Waals surface area contributed by atoms with Crippen molar-refractivity contribution in [2.24, 2.45) is 0 Å². The molecule has 0 bridgehead atoms. The van der Waals surface area contributed by atoms with Gasteiger partial charge in [-0.25, -0.2) is 0 Å². The first-order valence-corrected chi connectivity index (χ1v) is 7.71. The highest BCUT2D eigenvalue weighted by molar-refractivity contribution is 5.85. The van der Waals surface area contributed by atoms with Crippen LogP contribution in [0.2, 0.25) is 0 Å². The number of likely N-dealkylation sites (N-methyl/N-ethyl adjacent to an activating group) is 1. The quantitative estimate of drug-likeness (QED) is 0.868. The van der Waals surface area contributed by atoms with Gasteiger partial charge in [0.1, 0.15) is 0 Å². The third-order valence-electron chi connectivity index (χ3n) is 4.05. The summed E-state index contributed by atoms with van der Waals surface area (Å²) in [4.78, 5) is 21.1. The van der Waals surface area contributed by atoms with Gasteiger partial charge in [-0.1, -0.05) is 12.8 Å². The maximum absolute atomic E-state index is 12.6. The first-order valence-electron chi connectivity index (χ1n) is 7.71. The molecule has 2 rings (SSSR count). The number of carbonyl (C=O) groups is 1. The van der Waals surface area contributed by atoms with Crippen LogP contribution in [0.3, 0.4) is 0 Å². The fourth-order valence-corrected chi connectivity index (χ4v) is 2.83. The Morgan fingerprint density at radius 2 is 1.95 bits per heavy atom. The standard InChI is InChI=1S/C16H26N4O.ClH/c1-19(2)9-10-20(15-5-3-4-6-15)16(21)11-14-8-7-13(17)12-18-14;/h7-8,12,15H,3-6,9-11,17H2,1-2H3;1H. The van der Waals surface area contributed by atoms with Gasteiger partial charge in [-0.15, -0.1) is 12.4 Å². The van der Waals surface area contributed by atoms with Crippen LogP contribution in [0.15, 0.2) is 18.3 Å². The van der Waals surface area contributed by atoms with Crippen LogP contribution >= 0.6 is 12.4 Å². The topological polar surface area (TPSA) is 62.5 Å². The molecule has 1 aliphatic carbocycles. The van der Waals surface area contributed by atoms with Crippen molar-refractivity contribution in [2.75, 3.05) is 32.9 Å². The third kappa shape index (κ3) is 5.46. The van der Waals surface area contributed by atoms with E-state index in [9.17, 15) is 4.79 Å². The summed E-state index contributed by atoms with van der Waals surface area (Å²) in [6.07, 6.45) is 6.71. The zero-order chi connectivity index (χ0) is 15.2. The van der Waals surface area contributed by atoms with Crippen LogP contribution in [-0.4, -0.2) is 53.9 Å². The van der Waals surface area contributed by atoms with Crippen LogP contribution in [0, 0.1) is 0 Å². The van der Waals surface area contributed by atoms with Gasteiger partial charge in [-0.2, -0.15) is 0 Å². The molecule has 1 amide bonds. The lowest BCUT2D eigenvalue weighted by molar-refractivity contribution is -0.132. The van der Waals surface area contributed by atoms with Crippen molar-refractivity contribution >= 4 is 24.0 Å². The summed E-state index contributed by atoms with van der Waals surface area (Å²) in [6, 6.07) is 4.05. The predicted molar refractivity (Wildman–Crippen MR) is 92.1 cm³/mol. The zero-order valence-electron chi connectivity index (χ0n) is 13.5. The van der Waals surface area contributed by atoms with Crippen LogP contribution in [0.1, 0.15) is 31.4 Å². The van der Waals surface area contributed by atoms with E-state index in [0.717, 1.165) is 31.6 Å².